The maximum atomic E-state index is 12.1. The van der Waals surface area contributed by atoms with Crippen LogP contribution in [-0.2, 0) is 11.3 Å². The Hall–Kier alpha value is -1.51. The van der Waals surface area contributed by atoms with Crippen LogP contribution in [0.3, 0.4) is 0 Å². The van der Waals surface area contributed by atoms with Crippen molar-refractivity contribution in [1.29, 1.82) is 0 Å². The number of anilines is 1. The quantitative estimate of drug-likeness (QED) is 0.845. The van der Waals surface area contributed by atoms with Crippen molar-refractivity contribution < 1.29 is 4.79 Å². The molecule has 1 saturated heterocycles. The summed E-state index contributed by atoms with van der Waals surface area (Å²) < 4.78 is 0. The van der Waals surface area contributed by atoms with E-state index >= 15 is 0 Å². The van der Waals surface area contributed by atoms with Crippen molar-refractivity contribution in [2.45, 2.75) is 45.6 Å². The van der Waals surface area contributed by atoms with Gasteiger partial charge in [0, 0.05) is 25.2 Å². The summed E-state index contributed by atoms with van der Waals surface area (Å²) in [6, 6.07) is 7.82. The molecule has 3 heteroatoms. The maximum Gasteiger partial charge on any atom is 0.222 e. The van der Waals surface area contributed by atoms with Gasteiger partial charge in [0.2, 0.25) is 5.91 Å². The Balaban J connectivity index is 1.95. The van der Waals surface area contributed by atoms with Crippen LogP contribution in [-0.4, -0.2) is 17.4 Å². The van der Waals surface area contributed by atoms with Crippen LogP contribution in [0, 0.1) is 5.92 Å². The van der Waals surface area contributed by atoms with E-state index in [2.05, 4.69) is 6.92 Å². The van der Waals surface area contributed by atoms with Crippen LogP contribution in [0.15, 0.2) is 24.3 Å². The molecule has 1 heterocycles. The summed E-state index contributed by atoms with van der Waals surface area (Å²) in [5.41, 5.74) is 7.62. The average molecular weight is 260 g/mol. The van der Waals surface area contributed by atoms with Gasteiger partial charge in [-0.1, -0.05) is 31.9 Å². The highest BCUT2D eigenvalue weighted by Gasteiger charge is 2.21. The molecule has 1 atom stereocenters. The smallest absolute Gasteiger partial charge is 0.222 e. The number of hydrogen-bond acceptors (Lipinski definition) is 2. The number of amides is 1. The van der Waals surface area contributed by atoms with Crippen molar-refractivity contribution in [1.82, 2.24) is 4.90 Å². The van der Waals surface area contributed by atoms with Crippen LogP contribution in [0.4, 0.5) is 5.69 Å². The number of nitrogens with two attached hydrogens (primary N) is 1. The minimum absolute atomic E-state index is 0.301. The van der Waals surface area contributed by atoms with Gasteiger partial charge in [0.15, 0.2) is 0 Å². The summed E-state index contributed by atoms with van der Waals surface area (Å²) in [5, 5.41) is 0. The SMILES string of the molecule is CCCC1CCC(=O)N(Cc2ccc(N)cc2)CC1. The Morgan fingerprint density at radius 2 is 2.00 bits per heavy atom. The van der Waals surface area contributed by atoms with E-state index < -0.39 is 0 Å². The van der Waals surface area contributed by atoms with Crippen molar-refractivity contribution in [3.8, 4) is 0 Å². The molecule has 0 saturated carbocycles. The second-order valence-corrected chi connectivity index (χ2v) is 5.54. The first kappa shape index (κ1) is 13.9. The zero-order valence-electron chi connectivity index (χ0n) is 11.8. The molecule has 0 aliphatic carbocycles. The number of nitrogen functional groups attached to an aromatic ring is 1. The second-order valence-electron chi connectivity index (χ2n) is 5.54. The van der Waals surface area contributed by atoms with Gasteiger partial charge >= 0.3 is 0 Å². The lowest BCUT2D eigenvalue weighted by atomic mass is 9.96. The molecule has 0 spiro atoms. The molecule has 1 aromatic rings. The maximum absolute atomic E-state index is 12.1. The standard InChI is InChI=1S/C16H24N2O/c1-2-3-13-6-9-16(19)18(11-10-13)12-14-4-7-15(17)8-5-14/h4-5,7-8,13H,2-3,6,9-12,17H2,1H3. The lowest BCUT2D eigenvalue weighted by Crippen LogP contribution is -2.29. The molecular formula is C16H24N2O. The summed E-state index contributed by atoms with van der Waals surface area (Å²) in [6.45, 7) is 3.84. The van der Waals surface area contributed by atoms with Gasteiger partial charge in [0.1, 0.15) is 0 Å². The summed E-state index contributed by atoms with van der Waals surface area (Å²) in [7, 11) is 0. The third kappa shape index (κ3) is 3.98. The van der Waals surface area contributed by atoms with Crippen LogP contribution in [0.2, 0.25) is 0 Å². The molecule has 0 aromatic heterocycles. The molecule has 1 fully saturated rings. The monoisotopic (exact) mass is 260 g/mol. The van der Waals surface area contributed by atoms with E-state index in [4.69, 9.17) is 5.73 Å². The third-order valence-electron chi connectivity index (χ3n) is 3.98. The largest absolute Gasteiger partial charge is 0.399 e. The fourth-order valence-electron chi connectivity index (χ4n) is 2.80. The number of carbonyl (C=O) groups is 1. The Morgan fingerprint density at radius 3 is 2.68 bits per heavy atom. The molecule has 1 aromatic carbocycles. The highest BCUT2D eigenvalue weighted by Crippen LogP contribution is 2.23. The van der Waals surface area contributed by atoms with Gasteiger partial charge in [0.25, 0.3) is 0 Å². The molecule has 19 heavy (non-hydrogen) atoms. The van der Waals surface area contributed by atoms with E-state index in [1.54, 1.807) is 0 Å². The summed E-state index contributed by atoms with van der Waals surface area (Å²) >= 11 is 0. The molecule has 0 radical (unpaired) electrons. The van der Waals surface area contributed by atoms with E-state index in [0.717, 1.165) is 43.1 Å². The summed E-state index contributed by atoms with van der Waals surface area (Å²) in [4.78, 5) is 14.1. The van der Waals surface area contributed by atoms with Crippen molar-refractivity contribution in [3.63, 3.8) is 0 Å². The van der Waals surface area contributed by atoms with E-state index in [1.807, 2.05) is 29.2 Å². The van der Waals surface area contributed by atoms with Crippen LogP contribution < -0.4 is 5.73 Å². The second kappa shape index (κ2) is 6.60. The molecule has 1 aliphatic heterocycles. The zero-order chi connectivity index (χ0) is 13.7. The third-order valence-corrected chi connectivity index (χ3v) is 3.98. The fraction of sp³-hybridized carbons (Fsp3) is 0.562. The predicted octanol–water partition coefficient (Wildman–Crippen LogP) is 3.20. The molecule has 1 amide bonds. The van der Waals surface area contributed by atoms with Gasteiger partial charge < -0.3 is 10.6 Å². The Bertz CT molecular complexity index is 413. The fourth-order valence-corrected chi connectivity index (χ4v) is 2.80. The topological polar surface area (TPSA) is 46.3 Å². The van der Waals surface area contributed by atoms with Gasteiger partial charge in [0.05, 0.1) is 0 Å². The number of hydrogen-bond donors (Lipinski definition) is 1. The minimum atomic E-state index is 0.301. The molecular weight excluding hydrogens is 236 g/mol. The summed E-state index contributed by atoms with van der Waals surface area (Å²) in [5.74, 6) is 1.03. The number of nitrogens with zero attached hydrogens (tertiary/aromatic N) is 1. The van der Waals surface area contributed by atoms with Crippen molar-refractivity contribution >= 4 is 11.6 Å². The molecule has 104 valence electrons. The zero-order valence-corrected chi connectivity index (χ0v) is 11.8. The van der Waals surface area contributed by atoms with E-state index in [-0.39, 0.29) is 0 Å². The molecule has 1 aliphatic rings. The number of benzene rings is 1. The predicted molar refractivity (Wildman–Crippen MR) is 78.5 cm³/mol. The molecule has 0 bridgehead atoms. The Kier molecular flexibility index (Phi) is 4.83. The van der Waals surface area contributed by atoms with Gasteiger partial charge in [-0.05, 0) is 36.5 Å². The van der Waals surface area contributed by atoms with E-state index in [1.165, 1.54) is 12.8 Å². The first-order valence-electron chi connectivity index (χ1n) is 7.31. The highest BCUT2D eigenvalue weighted by atomic mass is 16.2. The van der Waals surface area contributed by atoms with Crippen molar-refractivity contribution in [3.05, 3.63) is 29.8 Å². The van der Waals surface area contributed by atoms with Crippen molar-refractivity contribution in [2.24, 2.45) is 5.92 Å². The molecule has 2 rings (SSSR count). The highest BCUT2D eigenvalue weighted by molar-refractivity contribution is 5.76. The number of rotatable bonds is 4. The van der Waals surface area contributed by atoms with Crippen LogP contribution in [0.5, 0.6) is 0 Å². The van der Waals surface area contributed by atoms with Crippen LogP contribution >= 0.6 is 0 Å². The van der Waals surface area contributed by atoms with E-state index in [0.29, 0.717) is 12.3 Å². The normalized spacial score (nSPS) is 20.4. The Morgan fingerprint density at radius 1 is 1.26 bits per heavy atom. The lowest BCUT2D eigenvalue weighted by molar-refractivity contribution is -0.131. The minimum Gasteiger partial charge on any atom is -0.399 e. The Labute approximate surface area is 115 Å². The molecule has 3 nitrogen and oxygen atoms in total. The van der Waals surface area contributed by atoms with Crippen molar-refractivity contribution in [2.75, 3.05) is 12.3 Å². The van der Waals surface area contributed by atoms with Crippen LogP contribution in [0.1, 0.15) is 44.6 Å². The van der Waals surface area contributed by atoms with Gasteiger partial charge in [-0.15, -0.1) is 0 Å². The number of likely N-dealkylation sites (tertiary alicyclic amines) is 1. The van der Waals surface area contributed by atoms with Gasteiger partial charge in [-0.2, -0.15) is 0 Å². The average Bonchev–Trinajstić information content (AvgIpc) is 2.57. The molecule has 1 unspecified atom stereocenters. The number of carbonyl (C=O) groups excluding carboxylic acids is 1. The first-order valence-corrected chi connectivity index (χ1v) is 7.31. The molecule has 2 N–H and O–H groups in total. The van der Waals surface area contributed by atoms with Crippen LogP contribution in [0.25, 0.3) is 0 Å². The first-order chi connectivity index (χ1) is 9.19. The van der Waals surface area contributed by atoms with Gasteiger partial charge in [-0.25, -0.2) is 0 Å². The lowest BCUT2D eigenvalue weighted by Gasteiger charge is -2.21. The van der Waals surface area contributed by atoms with Gasteiger partial charge in [-0.3, -0.25) is 4.79 Å². The van der Waals surface area contributed by atoms with E-state index in [9.17, 15) is 4.79 Å². The summed E-state index contributed by atoms with van der Waals surface area (Å²) in [6.07, 6.45) is 5.39.